The molecule has 0 bridgehead atoms. The van der Waals surface area contributed by atoms with Crippen LogP contribution >= 0.6 is 15.9 Å². The fourth-order valence-corrected chi connectivity index (χ4v) is 1.76. The monoisotopic (exact) mass is 241 g/mol. The highest BCUT2D eigenvalue weighted by molar-refractivity contribution is 9.10. The van der Waals surface area contributed by atoms with E-state index in [4.69, 9.17) is 0 Å². The lowest BCUT2D eigenvalue weighted by atomic mass is 10.0. The summed E-state index contributed by atoms with van der Waals surface area (Å²) in [5.74, 6) is 0.590. The molecule has 0 atom stereocenters. The van der Waals surface area contributed by atoms with Gasteiger partial charge in [-0.25, -0.2) is 0 Å². The number of anilines is 1. The molecule has 2 heteroatoms. The molecule has 1 N–H and O–H groups in total. The van der Waals surface area contributed by atoms with Crippen molar-refractivity contribution < 1.29 is 0 Å². The van der Waals surface area contributed by atoms with Gasteiger partial charge >= 0.3 is 0 Å². The number of halogens is 1. The highest BCUT2D eigenvalue weighted by Gasteiger charge is 2.02. The van der Waals surface area contributed by atoms with E-state index in [1.54, 1.807) is 0 Å². The van der Waals surface area contributed by atoms with Gasteiger partial charge in [0.1, 0.15) is 0 Å². The van der Waals surface area contributed by atoms with E-state index in [0.717, 1.165) is 11.0 Å². The largest absolute Gasteiger partial charge is 0.384 e. The van der Waals surface area contributed by atoms with E-state index in [1.165, 1.54) is 11.3 Å². The van der Waals surface area contributed by atoms with Crippen LogP contribution < -0.4 is 5.32 Å². The molecule has 0 amide bonds. The average molecular weight is 242 g/mol. The number of hydrogen-bond acceptors (Lipinski definition) is 1. The quantitative estimate of drug-likeness (QED) is 0.844. The molecule has 13 heavy (non-hydrogen) atoms. The van der Waals surface area contributed by atoms with E-state index in [2.05, 4.69) is 60.2 Å². The van der Waals surface area contributed by atoms with Gasteiger partial charge in [-0.3, -0.25) is 0 Å². The Kier molecular flexibility index (Phi) is 3.79. The zero-order valence-electron chi connectivity index (χ0n) is 8.39. The molecule has 0 heterocycles. The lowest BCUT2D eigenvalue weighted by Crippen LogP contribution is -1.98. The van der Waals surface area contributed by atoms with Gasteiger partial charge < -0.3 is 5.32 Å². The summed E-state index contributed by atoms with van der Waals surface area (Å²) < 4.78 is 1.15. The molecular formula is C11H16BrN. The zero-order chi connectivity index (χ0) is 9.84. The molecule has 0 saturated heterocycles. The van der Waals surface area contributed by atoms with Crippen LogP contribution in [-0.4, -0.2) is 6.54 Å². The molecule has 0 aliphatic rings. The molecular weight excluding hydrogens is 226 g/mol. The van der Waals surface area contributed by atoms with Gasteiger partial charge in [-0.05, 0) is 46.5 Å². The first-order valence-corrected chi connectivity index (χ1v) is 5.47. The molecule has 0 saturated carbocycles. The molecule has 0 unspecified atom stereocenters. The SMILES string of the molecule is CCNc1ccc(C(C)C)cc1Br. The smallest absolute Gasteiger partial charge is 0.0484 e. The molecule has 1 aromatic rings. The van der Waals surface area contributed by atoms with Crippen LogP contribution in [0.5, 0.6) is 0 Å². The van der Waals surface area contributed by atoms with Gasteiger partial charge in [-0.2, -0.15) is 0 Å². The van der Waals surface area contributed by atoms with Crippen molar-refractivity contribution in [3.63, 3.8) is 0 Å². The van der Waals surface area contributed by atoms with Crippen molar-refractivity contribution in [1.29, 1.82) is 0 Å². The summed E-state index contributed by atoms with van der Waals surface area (Å²) in [6.45, 7) is 7.46. The van der Waals surface area contributed by atoms with Crippen molar-refractivity contribution >= 4 is 21.6 Å². The molecule has 1 nitrogen and oxygen atoms in total. The molecule has 72 valence electrons. The highest BCUT2D eigenvalue weighted by Crippen LogP contribution is 2.26. The van der Waals surface area contributed by atoms with Crippen LogP contribution in [0.25, 0.3) is 0 Å². The fourth-order valence-electron chi connectivity index (χ4n) is 1.22. The zero-order valence-corrected chi connectivity index (χ0v) is 9.98. The second-order valence-electron chi connectivity index (χ2n) is 3.42. The molecule has 0 spiro atoms. The minimum Gasteiger partial charge on any atom is -0.384 e. The van der Waals surface area contributed by atoms with Gasteiger partial charge in [-0.1, -0.05) is 19.9 Å². The molecule has 0 aromatic heterocycles. The summed E-state index contributed by atoms with van der Waals surface area (Å²) in [5.41, 5.74) is 2.54. The Labute approximate surface area is 88.7 Å². The van der Waals surface area contributed by atoms with Crippen molar-refractivity contribution in [3.8, 4) is 0 Å². The van der Waals surface area contributed by atoms with Crippen LogP contribution in [0.15, 0.2) is 22.7 Å². The minimum absolute atomic E-state index is 0.590. The van der Waals surface area contributed by atoms with E-state index in [1.807, 2.05) is 0 Å². The summed E-state index contributed by atoms with van der Waals surface area (Å²) in [6, 6.07) is 6.49. The second kappa shape index (κ2) is 4.66. The van der Waals surface area contributed by atoms with Crippen LogP contribution in [0.3, 0.4) is 0 Å². The maximum Gasteiger partial charge on any atom is 0.0484 e. The van der Waals surface area contributed by atoms with E-state index in [-0.39, 0.29) is 0 Å². The van der Waals surface area contributed by atoms with Crippen LogP contribution in [0, 0.1) is 0 Å². The Morgan fingerprint density at radius 2 is 2.08 bits per heavy atom. The van der Waals surface area contributed by atoms with Crippen molar-refractivity contribution in [2.75, 3.05) is 11.9 Å². The first-order valence-electron chi connectivity index (χ1n) is 4.68. The topological polar surface area (TPSA) is 12.0 Å². The van der Waals surface area contributed by atoms with Gasteiger partial charge in [0, 0.05) is 16.7 Å². The number of benzene rings is 1. The average Bonchev–Trinajstić information content (AvgIpc) is 2.08. The van der Waals surface area contributed by atoms with E-state index >= 15 is 0 Å². The summed E-state index contributed by atoms with van der Waals surface area (Å²) in [5, 5.41) is 3.30. The van der Waals surface area contributed by atoms with E-state index in [9.17, 15) is 0 Å². The standard InChI is InChI=1S/C11H16BrN/c1-4-13-11-6-5-9(8(2)3)7-10(11)12/h5-8,13H,4H2,1-3H3. The molecule has 0 aliphatic heterocycles. The Morgan fingerprint density at radius 3 is 2.54 bits per heavy atom. The number of rotatable bonds is 3. The third-order valence-corrected chi connectivity index (χ3v) is 2.68. The first-order chi connectivity index (χ1) is 6.15. The highest BCUT2D eigenvalue weighted by atomic mass is 79.9. The summed E-state index contributed by atoms with van der Waals surface area (Å²) in [7, 11) is 0. The molecule has 1 rings (SSSR count). The third-order valence-electron chi connectivity index (χ3n) is 2.03. The van der Waals surface area contributed by atoms with Crippen LogP contribution in [0.4, 0.5) is 5.69 Å². The number of nitrogens with one attached hydrogen (secondary N) is 1. The second-order valence-corrected chi connectivity index (χ2v) is 4.28. The molecule has 0 aliphatic carbocycles. The Bertz CT molecular complexity index is 281. The minimum atomic E-state index is 0.590. The fraction of sp³-hybridized carbons (Fsp3) is 0.455. The predicted octanol–water partition coefficient (Wildman–Crippen LogP) is 4.00. The van der Waals surface area contributed by atoms with E-state index in [0.29, 0.717) is 5.92 Å². The Morgan fingerprint density at radius 1 is 1.38 bits per heavy atom. The molecule has 0 radical (unpaired) electrons. The van der Waals surface area contributed by atoms with Crippen LogP contribution in [0.1, 0.15) is 32.3 Å². The van der Waals surface area contributed by atoms with Crippen LogP contribution in [-0.2, 0) is 0 Å². The predicted molar refractivity (Wildman–Crippen MR) is 62.4 cm³/mol. The summed E-state index contributed by atoms with van der Waals surface area (Å²) in [4.78, 5) is 0. The molecule has 1 aromatic carbocycles. The van der Waals surface area contributed by atoms with Crippen molar-refractivity contribution in [3.05, 3.63) is 28.2 Å². The van der Waals surface area contributed by atoms with Crippen molar-refractivity contribution in [1.82, 2.24) is 0 Å². The lowest BCUT2D eigenvalue weighted by Gasteiger charge is -2.10. The van der Waals surface area contributed by atoms with Crippen LogP contribution in [0.2, 0.25) is 0 Å². The van der Waals surface area contributed by atoms with Gasteiger partial charge in [0.15, 0.2) is 0 Å². The number of hydrogen-bond donors (Lipinski definition) is 1. The van der Waals surface area contributed by atoms with Crippen molar-refractivity contribution in [2.45, 2.75) is 26.7 Å². The van der Waals surface area contributed by atoms with Crippen molar-refractivity contribution in [2.24, 2.45) is 0 Å². The maximum absolute atomic E-state index is 3.55. The van der Waals surface area contributed by atoms with Gasteiger partial charge in [0.2, 0.25) is 0 Å². The first kappa shape index (κ1) is 10.6. The summed E-state index contributed by atoms with van der Waals surface area (Å²) in [6.07, 6.45) is 0. The Hall–Kier alpha value is -0.500. The van der Waals surface area contributed by atoms with Gasteiger partial charge in [-0.15, -0.1) is 0 Å². The van der Waals surface area contributed by atoms with Gasteiger partial charge in [0.05, 0.1) is 0 Å². The molecule has 0 fully saturated rings. The van der Waals surface area contributed by atoms with Gasteiger partial charge in [0.25, 0.3) is 0 Å². The Balaban J connectivity index is 2.92. The maximum atomic E-state index is 3.55. The third kappa shape index (κ3) is 2.73. The lowest BCUT2D eigenvalue weighted by molar-refractivity contribution is 0.866. The summed E-state index contributed by atoms with van der Waals surface area (Å²) >= 11 is 3.55. The van der Waals surface area contributed by atoms with E-state index < -0.39 is 0 Å². The normalized spacial score (nSPS) is 10.5.